The van der Waals surface area contributed by atoms with E-state index >= 15 is 0 Å². The highest BCUT2D eigenvalue weighted by atomic mass is 32.1. The zero-order chi connectivity index (χ0) is 27.8. The first kappa shape index (κ1) is 26.7. The number of thiocarbonyl (C=S) groups is 1. The zero-order valence-electron chi connectivity index (χ0n) is 23.1. The zero-order valence-corrected chi connectivity index (χ0v) is 24.0. The number of piperazine rings is 1. The first-order chi connectivity index (χ1) is 18.6. The highest BCUT2D eigenvalue weighted by Crippen LogP contribution is 2.24. The van der Waals surface area contributed by atoms with E-state index in [0.717, 1.165) is 21.4 Å². The molecular weight excluding hydrogens is 510 g/mol. The Morgan fingerprint density at radius 3 is 2.33 bits per heavy atom. The molecule has 0 aliphatic carbocycles. The normalized spacial score (nSPS) is 13.9. The predicted octanol–water partition coefficient (Wildman–Crippen LogP) is 3.43. The number of fused-ring (bicyclic) bond motifs is 1. The van der Waals surface area contributed by atoms with Crippen LogP contribution in [0.5, 0.6) is 0 Å². The van der Waals surface area contributed by atoms with Crippen molar-refractivity contribution in [2.75, 3.05) is 36.4 Å². The summed E-state index contributed by atoms with van der Waals surface area (Å²) in [5.74, 6) is 1.17. The second-order valence-electron chi connectivity index (χ2n) is 10.5. The van der Waals surface area contributed by atoms with Gasteiger partial charge < -0.3 is 15.1 Å². The van der Waals surface area contributed by atoms with Crippen molar-refractivity contribution in [3.05, 3.63) is 86.1 Å². The van der Waals surface area contributed by atoms with Crippen LogP contribution in [0, 0.1) is 6.92 Å². The fourth-order valence-electron chi connectivity index (χ4n) is 5.08. The summed E-state index contributed by atoms with van der Waals surface area (Å²) in [6.45, 7) is 9.67. The van der Waals surface area contributed by atoms with Crippen LogP contribution in [-0.4, -0.2) is 54.9 Å². The maximum absolute atomic E-state index is 13.3. The van der Waals surface area contributed by atoms with Gasteiger partial charge in [-0.25, -0.2) is 4.79 Å². The van der Waals surface area contributed by atoms with Gasteiger partial charge in [0.2, 0.25) is 5.95 Å². The SMILES string of the molecule is Cc1cccc(Cn2c(N3CCN(C(=S)Nc4ccc(C(C)C)cc4)CC3)nc3c2c(=O)n(C)c(=O)n3C)c1. The van der Waals surface area contributed by atoms with Gasteiger partial charge in [0.15, 0.2) is 16.3 Å². The van der Waals surface area contributed by atoms with Crippen molar-refractivity contribution >= 4 is 40.1 Å². The maximum atomic E-state index is 13.3. The van der Waals surface area contributed by atoms with Crippen LogP contribution in [0.1, 0.15) is 36.5 Å². The van der Waals surface area contributed by atoms with Gasteiger partial charge in [-0.3, -0.25) is 18.5 Å². The van der Waals surface area contributed by atoms with Gasteiger partial charge in [-0.15, -0.1) is 0 Å². The Kier molecular flexibility index (Phi) is 7.31. The third-order valence-electron chi connectivity index (χ3n) is 7.43. The highest BCUT2D eigenvalue weighted by molar-refractivity contribution is 7.80. The van der Waals surface area contributed by atoms with Gasteiger partial charge in [0.25, 0.3) is 5.56 Å². The average molecular weight is 546 g/mol. The molecule has 1 N–H and O–H groups in total. The lowest BCUT2D eigenvalue weighted by Gasteiger charge is -2.36. The van der Waals surface area contributed by atoms with Gasteiger partial charge >= 0.3 is 5.69 Å². The van der Waals surface area contributed by atoms with E-state index < -0.39 is 0 Å². The molecule has 1 saturated heterocycles. The fourth-order valence-corrected chi connectivity index (χ4v) is 5.38. The molecule has 5 rings (SSSR count). The smallest absolute Gasteiger partial charge is 0.332 e. The third kappa shape index (κ3) is 5.21. The Bertz CT molecular complexity index is 1640. The molecule has 2 aromatic carbocycles. The number of rotatable bonds is 5. The van der Waals surface area contributed by atoms with E-state index in [2.05, 4.69) is 59.3 Å². The van der Waals surface area contributed by atoms with Crippen molar-refractivity contribution in [2.24, 2.45) is 14.1 Å². The standard InChI is InChI=1S/C29H35N7O2S/c1-19(2)22-9-11-23(12-10-22)30-28(39)35-15-13-34(14-16-35)27-31-25-24(26(37)33(5)29(38)32(25)4)36(27)18-21-8-6-7-20(3)17-21/h6-12,17,19H,13-16,18H2,1-5H3,(H,30,39). The number of hydrogen-bond donors (Lipinski definition) is 1. The molecule has 0 saturated carbocycles. The number of aryl methyl sites for hydroxylation is 2. The molecule has 0 atom stereocenters. The number of imidazole rings is 1. The van der Waals surface area contributed by atoms with E-state index in [1.54, 1.807) is 7.05 Å². The van der Waals surface area contributed by atoms with Gasteiger partial charge in [0, 0.05) is 46.0 Å². The van der Waals surface area contributed by atoms with Gasteiger partial charge in [0.05, 0.1) is 6.54 Å². The number of nitrogens with zero attached hydrogens (tertiary/aromatic N) is 6. The highest BCUT2D eigenvalue weighted by Gasteiger charge is 2.26. The summed E-state index contributed by atoms with van der Waals surface area (Å²) in [6.07, 6.45) is 0. The largest absolute Gasteiger partial charge is 0.345 e. The van der Waals surface area contributed by atoms with Crippen molar-refractivity contribution < 1.29 is 0 Å². The second kappa shape index (κ2) is 10.7. The summed E-state index contributed by atoms with van der Waals surface area (Å²) in [5.41, 5.74) is 4.58. The van der Waals surface area contributed by atoms with Crippen molar-refractivity contribution in [2.45, 2.75) is 33.2 Å². The molecule has 0 unspecified atom stereocenters. The van der Waals surface area contributed by atoms with E-state index in [1.807, 2.05) is 29.7 Å². The van der Waals surface area contributed by atoms with Crippen molar-refractivity contribution in [3.63, 3.8) is 0 Å². The Balaban J connectivity index is 1.41. The Morgan fingerprint density at radius 1 is 1.00 bits per heavy atom. The molecule has 4 aromatic rings. The van der Waals surface area contributed by atoms with E-state index in [4.69, 9.17) is 17.2 Å². The summed E-state index contributed by atoms with van der Waals surface area (Å²) >= 11 is 5.73. The van der Waals surface area contributed by atoms with Gasteiger partial charge in [-0.05, 0) is 48.3 Å². The number of benzene rings is 2. The molecule has 0 spiro atoms. The quantitative estimate of drug-likeness (QED) is 0.385. The Morgan fingerprint density at radius 2 is 1.69 bits per heavy atom. The molecule has 0 bridgehead atoms. The molecule has 0 radical (unpaired) electrons. The van der Waals surface area contributed by atoms with Crippen LogP contribution in [0.4, 0.5) is 11.6 Å². The summed E-state index contributed by atoms with van der Waals surface area (Å²) in [6, 6.07) is 16.6. The Labute approximate surface area is 233 Å². The van der Waals surface area contributed by atoms with Crippen molar-refractivity contribution in [3.8, 4) is 0 Å². The number of hydrogen-bond acceptors (Lipinski definition) is 5. The van der Waals surface area contributed by atoms with E-state index in [1.165, 1.54) is 17.2 Å². The van der Waals surface area contributed by atoms with Crippen LogP contribution in [0.15, 0.2) is 58.1 Å². The minimum Gasteiger partial charge on any atom is -0.345 e. The fraction of sp³-hybridized carbons (Fsp3) is 0.379. The van der Waals surface area contributed by atoms with Crippen molar-refractivity contribution in [1.82, 2.24) is 23.6 Å². The molecule has 204 valence electrons. The third-order valence-corrected chi connectivity index (χ3v) is 7.79. The minimum atomic E-state index is -0.387. The van der Waals surface area contributed by atoms with Gasteiger partial charge in [-0.2, -0.15) is 4.98 Å². The van der Waals surface area contributed by atoms with Gasteiger partial charge in [0.1, 0.15) is 0 Å². The van der Waals surface area contributed by atoms with Crippen LogP contribution >= 0.6 is 12.2 Å². The van der Waals surface area contributed by atoms with Crippen LogP contribution < -0.4 is 21.5 Å². The number of anilines is 2. The van der Waals surface area contributed by atoms with E-state index in [0.29, 0.717) is 60.9 Å². The topological polar surface area (TPSA) is 80.3 Å². The van der Waals surface area contributed by atoms with Crippen LogP contribution in [-0.2, 0) is 20.6 Å². The van der Waals surface area contributed by atoms with E-state index in [-0.39, 0.29) is 11.2 Å². The molecule has 1 fully saturated rings. The molecule has 1 aliphatic rings. The summed E-state index contributed by atoms with van der Waals surface area (Å²) in [7, 11) is 3.17. The van der Waals surface area contributed by atoms with Gasteiger partial charge in [-0.1, -0.05) is 55.8 Å². The molecule has 1 aliphatic heterocycles. The summed E-state index contributed by atoms with van der Waals surface area (Å²) in [5, 5.41) is 4.06. The molecule has 39 heavy (non-hydrogen) atoms. The van der Waals surface area contributed by atoms with E-state index in [9.17, 15) is 9.59 Å². The predicted molar refractivity (Wildman–Crippen MR) is 161 cm³/mol. The minimum absolute atomic E-state index is 0.341. The first-order valence-electron chi connectivity index (χ1n) is 13.3. The molecule has 10 heteroatoms. The lowest BCUT2D eigenvalue weighted by atomic mass is 10.0. The average Bonchev–Trinajstić information content (AvgIpc) is 3.30. The number of nitrogens with one attached hydrogen (secondary N) is 1. The lowest BCUT2D eigenvalue weighted by Crippen LogP contribution is -2.50. The first-order valence-corrected chi connectivity index (χ1v) is 13.7. The molecule has 2 aromatic heterocycles. The van der Waals surface area contributed by atoms with Crippen molar-refractivity contribution in [1.29, 1.82) is 0 Å². The molecule has 9 nitrogen and oxygen atoms in total. The van der Waals surface area contributed by atoms with Crippen LogP contribution in [0.25, 0.3) is 11.2 Å². The molecule has 0 amide bonds. The number of aromatic nitrogens is 4. The second-order valence-corrected chi connectivity index (χ2v) is 10.9. The molecule has 3 heterocycles. The Hall–Kier alpha value is -3.92. The lowest BCUT2D eigenvalue weighted by molar-refractivity contribution is 0.386. The van der Waals surface area contributed by atoms with Crippen LogP contribution in [0.2, 0.25) is 0 Å². The monoisotopic (exact) mass is 545 g/mol. The summed E-state index contributed by atoms with van der Waals surface area (Å²) < 4.78 is 4.55. The summed E-state index contributed by atoms with van der Waals surface area (Å²) in [4.78, 5) is 35.1. The van der Waals surface area contributed by atoms with Crippen LogP contribution in [0.3, 0.4) is 0 Å². The maximum Gasteiger partial charge on any atom is 0.332 e. The molecular formula is C29H35N7O2S.